The van der Waals surface area contributed by atoms with Gasteiger partial charge in [0.15, 0.2) is 0 Å². The summed E-state index contributed by atoms with van der Waals surface area (Å²) in [6.07, 6.45) is 4.64. The van der Waals surface area contributed by atoms with Gasteiger partial charge < -0.3 is 11.1 Å². The van der Waals surface area contributed by atoms with Crippen molar-refractivity contribution in [2.45, 2.75) is 44.2 Å². The van der Waals surface area contributed by atoms with E-state index >= 15 is 0 Å². The molecule has 0 bridgehead atoms. The van der Waals surface area contributed by atoms with Crippen LogP contribution in [0.2, 0.25) is 0 Å². The molecule has 1 fully saturated rings. The Hall–Kier alpha value is -2.13. The van der Waals surface area contributed by atoms with Gasteiger partial charge in [0.05, 0.1) is 6.04 Å². The molecule has 2 aromatic rings. The quantitative estimate of drug-likeness (QED) is 0.883. The first-order valence-electron chi connectivity index (χ1n) is 8.87. The molecule has 1 amide bonds. The SMILES string of the molecule is NC1CCCC(C(=O)NC(Cc2ccccc2)c2ccccc2)C1. The lowest BCUT2D eigenvalue weighted by molar-refractivity contribution is -0.126. The Labute approximate surface area is 144 Å². The lowest BCUT2D eigenvalue weighted by Crippen LogP contribution is -2.39. The Morgan fingerprint density at radius 3 is 2.38 bits per heavy atom. The first kappa shape index (κ1) is 16.7. The number of rotatable bonds is 5. The molecule has 0 spiro atoms. The van der Waals surface area contributed by atoms with Gasteiger partial charge in [-0.05, 0) is 36.8 Å². The first-order valence-corrected chi connectivity index (χ1v) is 8.87. The molecule has 3 atom stereocenters. The van der Waals surface area contributed by atoms with Crippen molar-refractivity contribution in [3.8, 4) is 0 Å². The van der Waals surface area contributed by atoms with E-state index in [1.807, 2.05) is 36.4 Å². The third-order valence-corrected chi connectivity index (χ3v) is 4.89. The van der Waals surface area contributed by atoms with E-state index in [4.69, 9.17) is 5.73 Å². The smallest absolute Gasteiger partial charge is 0.223 e. The average Bonchev–Trinajstić information content (AvgIpc) is 2.63. The molecular weight excluding hydrogens is 296 g/mol. The van der Waals surface area contributed by atoms with Gasteiger partial charge >= 0.3 is 0 Å². The molecule has 3 heteroatoms. The lowest BCUT2D eigenvalue weighted by atomic mass is 9.85. The zero-order valence-corrected chi connectivity index (χ0v) is 14.0. The summed E-state index contributed by atoms with van der Waals surface area (Å²) < 4.78 is 0. The van der Waals surface area contributed by atoms with Gasteiger partial charge in [0.1, 0.15) is 0 Å². The maximum atomic E-state index is 12.8. The minimum Gasteiger partial charge on any atom is -0.349 e. The molecule has 0 aliphatic heterocycles. The highest BCUT2D eigenvalue weighted by Gasteiger charge is 2.27. The highest BCUT2D eigenvalue weighted by Crippen LogP contribution is 2.25. The molecule has 2 aromatic carbocycles. The van der Waals surface area contributed by atoms with Gasteiger partial charge in [0.2, 0.25) is 5.91 Å². The fourth-order valence-electron chi connectivity index (χ4n) is 3.54. The summed E-state index contributed by atoms with van der Waals surface area (Å²) in [5.74, 6) is 0.200. The molecule has 3 rings (SSSR count). The van der Waals surface area contributed by atoms with E-state index in [2.05, 4.69) is 29.6 Å². The van der Waals surface area contributed by atoms with Crippen LogP contribution >= 0.6 is 0 Å². The van der Waals surface area contributed by atoms with Crippen molar-refractivity contribution in [3.63, 3.8) is 0 Å². The van der Waals surface area contributed by atoms with E-state index < -0.39 is 0 Å². The molecule has 0 radical (unpaired) electrons. The predicted molar refractivity (Wildman–Crippen MR) is 97.4 cm³/mol. The summed E-state index contributed by atoms with van der Waals surface area (Å²) in [5.41, 5.74) is 8.43. The molecule has 0 heterocycles. The number of hydrogen-bond acceptors (Lipinski definition) is 2. The lowest BCUT2D eigenvalue weighted by Gasteiger charge is -2.28. The summed E-state index contributed by atoms with van der Waals surface area (Å²) >= 11 is 0. The molecule has 1 saturated carbocycles. The normalized spacial score (nSPS) is 21.9. The number of hydrogen-bond donors (Lipinski definition) is 2. The molecule has 3 nitrogen and oxygen atoms in total. The van der Waals surface area contributed by atoms with Gasteiger partial charge in [0.25, 0.3) is 0 Å². The van der Waals surface area contributed by atoms with Crippen molar-refractivity contribution in [3.05, 3.63) is 71.8 Å². The Bertz CT molecular complexity index is 641. The highest BCUT2D eigenvalue weighted by atomic mass is 16.1. The van der Waals surface area contributed by atoms with Crippen LogP contribution in [-0.4, -0.2) is 11.9 Å². The number of nitrogens with one attached hydrogen (secondary N) is 1. The van der Waals surface area contributed by atoms with Crippen LogP contribution in [0.25, 0.3) is 0 Å². The molecule has 3 N–H and O–H groups in total. The van der Waals surface area contributed by atoms with Crippen LogP contribution in [0.4, 0.5) is 0 Å². The number of nitrogens with two attached hydrogens (primary N) is 1. The van der Waals surface area contributed by atoms with Gasteiger partial charge in [-0.25, -0.2) is 0 Å². The Morgan fingerprint density at radius 2 is 1.71 bits per heavy atom. The standard InChI is InChI=1S/C21H26N2O/c22-19-13-7-12-18(15-19)21(24)23-20(17-10-5-2-6-11-17)14-16-8-3-1-4-9-16/h1-6,8-11,18-20H,7,12-15,22H2,(H,23,24). The zero-order chi connectivity index (χ0) is 16.8. The van der Waals surface area contributed by atoms with Gasteiger partial charge in [0, 0.05) is 12.0 Å². The van der Waals surface area contributed by atoms with Crippen LogP contribution in [0.5, 0.6) is 0 Å². The number of carbonyl (C=O) groups is 1. The summed E-state index contributed by atoms with van der Waals surface area (Å²) in [7, 11) is 0. The molecule has 1 aliphatic rings. The monoisotopic (exact) mass is 322 g/mol. The Balaban J connectivity index is 1.73. The van der Waals surface area contributed by atoms with Gasteiger partial charge in [-0.1, -0.05) is 67.1 Å². The van der Waals surface area contributed by atoms with Gasteiger partial charge in [-0.2, -0.15) is 0 Å². The fourth-order valence-corrected chi connectivity index (χ4v) is 3.54. The summed E-state index contributed by atoms with van der Waals surface area (Å²) in [4.78, 5) is 12.8. The summed E-state index contributed by atoms with van der Waals surface area (Å²) in [5, 5.41) is 3.28. The highest BCUT2D eigenvalue weighted by molar-refractivity contribution is 5.79. The van der Waals surface area contributed by atoms with Crippen LogP contribution in [-0.2, 0) is 11.2 Å². The summed E-state index contributed by atoms with van der Waals surface area (Å²) in [6.45, 7) is 0. The predicted octanol–water partition coefficient (Wildman–Crippen LogP) is 3.60. The number of carbonyl (C=O) groups excluding carboxylic acids is 1. The van der Waals surface area contributed by atoms with Crippen molar-refractivity contribution in [2.24, 2.45) is 11.7 Å². The van der Waals surface area contributed by atoms with Crippen molar-refractivity contribution in [1.29, 1.82) is 0 Å². The molecule has 1 aliphatic carbocycles. The van der Waals surface area contributed by atoms with Crippen molar-refractivity contribution in [2.75, 3.05) is 0 Å². The van der Waals surface area contributed by atoms with Gasteiger partial charge in [-0.3, -0.25) is 4.79 Å². The van der Waals surface area contributed by atoms with Crippen molar-refractivity contribution >= 4 is 5.91 Å². The molecule has 0 aromatic heterocycles. The van der Waals surface area contributed by atoms with E-state index in [0.29, 0.717) is 0 Å². The maximum Gasteiger partial charge on any atom is 0.223 e. The second-order valence-corrected chi connectivity index (χ2v) is 6.79. The minimum atomic E-state index is -0.000693. The molecule has 0 saturated heterocycles. The second-order valence-electron chi connectivity index (χ2n) is 6.79. The minimum absolute atomic E-state index is 0.000693. The second kappa shape index (κ2) is 8.11. The van der Waals surface area contributed by atoms with E-state index in [-0.39, 0.29) is 23.9 Å². The molecule has 126 valence electrons. The molecule has 3 unspecified atom stereocenters. The van der Waals surface area contributed by atoms with Crippen molar-refractivity contribution < 1.29 is 4.79 Å². The zero-order valence-electron chi connectivity index (χ0n) is 14.0. The average molecular weight is 322 g/mol. The fraction of sp³-hybridized carbons (Fsp3) is 0.381. The van der Waals surface area contributed by atoms with E-state index in [9.17, 15) is 4.79 Å². The third kappa shape index (κ3) is 4.45. The maximum absolute atomic E-state index is 12.8. The van der Waals surface area contributed by atoms with Crippen LogP contribution in [0.1, 0.15) is 42.9 Å². The van der Waals surface area contributed by atoms with Crippen molar-refractivity contribution in [1.82, 2.24) is 5.32 Å². The first-order chi connectivity index (χ1) is 11.7. The largest absolute Gasteiger partial charge is 0.349 e. The van der Waals surface area contributed by atoms with Crippen LogP contribution < -0.4 is 11.1 Å². The van der Waals surface area contributed by atoms with E-state index in [0.717, 1.165) is 37.7 Å². The number of amides is 1. The van der Waals surface area contributed by atoms with Gasteiger partial charge in [-0.15, -0.1) is 0 Å². The topological polar surface area (TPSA) is 55.1 Å². The molecule has 24 heavy (non-hydrogen) atoms. The Morgan fingerprint density at radius 1 is 1.04 bits per heavy atom. The third-order valence-electron chi connectivity index (χ3n) is 4.89. The Kier molecular flexibility index (Phi) is 5.65. The van der Waals surface area contributed by atoms with Crippen LogP contribution in [0.3, 0.4) is 0 Å². The van der Waals surface area contributed by atoms with Crippen LogP contribution in [0.15, 0.2) is 60.7 Å². The molecular formula is C21H26N2O. The number of benzene rings is 2. The summed E-state index contributed by atoms with van der Waals surface area (Å²) in [6, 6.07) is 20.7. The van der Waals surface area contributed by atoms with Crippen LogP contribution in [0, 0.1) is 5.92 Å². The van der Waals surface area contributed by atoms with E-state index in [1.54, 1.807) is 0 Å². The van der Waals surface area contributed by atoms with E-state index in [1.165, 1.54) is 5.56 Å².